The largest absolute Gasteiger partial charge is 0.380 e. The van der Waals surface area contributed by atoms with Crippen LogP contribution in [0.3, 0.4) is 0 Å². The molecule has 1 heterocycles. The highest BCUT2D eigenvalue weighted by atomic mass is 35.5. The summed E-state index contributed by atoms with van der Waals surface area (Å²) in [6.07, 6.45) is 2.68. The SMILES string of the molecule is COC(C)CN1CCCC(Cl)C1C. The Bertz CT molecular complexity index is 154. The molecule has 0 radical (unpaired) electrons. The fourth-order valence-corrected chi connectivity index (χ4v) is 2.14. The van der Waals surface area contributed by atoms with Gasteiger partial charge in [-0.1, -0.05) is 0 Å². The van der Waals surface area contributed by atoms with E-state index >= 15 is 0 Å². The minimum atomic E-state index is 0.310. The lowest BCUT2D eigenvalue weighted by molar-refractivity contribution is 0.0519. The number of halogens is 1. The zero-order valence-corrected chi connectivity index (χ0v) is 9.55. The van der Waals surface area contributed by atoms with Gasteiger partial charge in [-0.05, 0) is 33.2 Å². The molecule has 0 saturated carbocycles. The molecule has 78 valence electrons. The van der Waals surface area contributed by atoms with Crippen molar-refractivity contribution in [1.29, 1.82) is 0 Å². The summed E-state index contributed by atoms with van der Waals surface area (Å²) < 4.78 is 5.25. The maximum absolute atomic E-state index is 6.21. The average molecular weight is 206 g/mol. The lowest BCUT2D eigenvalue weighted by atomic mass is 10.0. The van der Waals surface area contributed by atoms with Crippen molar-refractivity contribution in [2.24, 2.45) is 0 Å². The highest BCUT2D eigenvalue weighted by molar-refractivity contribution is 6.21. The lowest BCUT2D eigenvalue weighted by Gasteiger charge is -2.37. The first kappa shape index (κ1) is 11.3. The van der Waals surface area contributed by atoms with Crippen LogP contribution in [-0.2, 0) is 4.74 Å². The standard InChI is InChI=1S/C10H20ClNO/c1-8(13-3)7-12-6-4-5-10(11)9(12)2/h8-10H,4-7H2,1-3H3. The Kier molecular flexibility index (Phi) is 4.50. The van der Waals surface area contributed by atoms with Crippen LogP contribution in [0.2, 0.25) is 0 Å². The molecule has 2 nitrogen and oxygen atoms in total. The maximum Gasteiger partial charge on any atom is 0.0670 e. The van der Waals surface area contributed by atoms with Crippen molar-refractivity contribution in [3.05, 3.63) is 0 Å². The van der Waals surface area contributed by atoms with E-state index in [4.69, 9.17) is 16.3 Å². The van der Waals surface area contributed by atoms with E-state index in [1.54, 1.807) is 7.11 Å². The second kappa shape index (κ2) is 5.18. The van der Waals surface area contributed by atoms with Crippen molar-refractivity contribution in [1.82, 2.24) is 4.90 Å². The van der Waals surface area contributed by atoms with Gasteiger partial charge in [-0.25, -0.2) is 0 Å². The second-order valence-electron chi connectivity index (χ2n) is 3.94. The van der Waals surface area contributed by atoms with Gasteiger partial charge >= 0.3 is 0 Å². The van der Waals surface area contributed by atoms with E-state index in [2.05, 4.69) is 18.7 Å². The van der Waals surface area contributed by atoms with Crippen LogP contribution < -0.4 is 0 Å². The van der Waals surface area contributed by atoms with E-state index in [-0.39, 0.29) is 0 Å². The minimum absolute atomic E-state index is 0.310. The summed E-state index contributed by atoms with van der Waals surface area (Å²) in [5.74, 6) is 0. The number of hydrogen-bond acceptors (Lipinski definition) is 2. The molecule has 0 spiro atoms. The molecule has 3 heteroatoms. The highest BCUT2D eigenvalue weighted by Crippen LogP contribution is 2.22. The molecular weight excluding hydrogens is 186 g/mol. The van der Waals surface area contributed by atoms with Crippen LogP contribution in [0.4, 0.5) is 0 Å². The molecule has 1 fully saturated rings. The molecule has 3 atom stereocenters. The van der Waals surface area contributed by atoms with Crippen LogP contribution in [0, 0.1) is 0 Å². The van der Waals surface area contributed by atoms with Crippen molar-refractivity contribution < 1.29 is 4.74 Å². The molecule has 1 rings (SSSR count). The van der Waals surface area contributed by atoms with Crippen LogP contribution in [0.5, 0.6) is 0 Å². The molecule has 0 aromatic heterocycles. The topological polar surface area (TPSA) is 12.5 Å². The van der Waals surface area contributed by atoms with Gasteiger partial charge in [-0.2, -0.15) is 0 Å². The van der Waals surface area contributed by atoms with Crippen molar-refractivity contribution in [3.8, 4) is 0 Å². The number of piperidine rings is 1. The summed E-state index contributed by atoms with van der Waals surface area (Å²) in [5, 5.41) is 0.317. The molecule has 3 unspecified atom stereocenters. The fraction of sp³-hybridized carbons (Fsp3) is 1.00. The Balaban J connectivity index is 2.39. The first-order valence-corrected chi connectivity index (χ1v) is 5.49. The van der Waals surface area contributed by atoms with Gasteiger partial charge in [-0.3, -0.25) is 4.90 Å². The van der Waals surface area contributed by atoms with Crippen LogP contribution in [0.25, 0.3) is 0 Å². The van der Waals surface area contributed by atoms with Crippen LogP contribution in [-0.4, -0.2) is 42.6 Å². The van der Waals surface area contributed by atoms with E-state index in [1.807, 2.05) is 0 Å². The van der Waals surface area contributed by atoms with Crippen LogP contribution in [0.1, 0.15) is 26.7 Å². The van der Waals surface area contributed by atoms with Gasteiger partial charge in [-0.15, -0.1) is 11.6 Å². The Morgan fingerprint density at radius 1 is 1.62 bits per heavy atom. The third-order valence-corrected chi connectivity index (χ3v) is 3.50. The molecule has 0 aromatic rings. The number of methoxy groups -OCH3 is 1. The van der Waals surface area contributed by atoms with Crippen LogP contribution >= 0.6 is 11.6 Å². The molecular formula is C10H20ClNO. The van der Waals surface area contributed by atoms with Crippen molar-refractivity contribution >= 4 is 11.6 Å². The van der Waals surface area contributed by atoms with Gasteiger partial charge in [0.2, 0.25) is 0 Å². The lowest BCUT2D eigenvalue weighted by Crippen LogP contribution is -2.47. The summed E-state index contributed by atoms with van der Waals surface area (Å²) in [6, 6.07) is 0.494. The first-order valence-electron chi connectivity index (χ1n) is 5.06. The van der Waals surface area contributed by atoms with Crippen molar-refractivity contribution in [2.75, 3.05) is 20.2 Å². The highest BCUT2D eigenvalue weighted by Gasteiger charge is 2.26. The molecule has 1 aliphatic heterocycles. The van der Waals surface area contributed by atoms with E-state index in [9.17, 15) is 0 Å². The van der Waals surface area contributed by atoms with Gasteiger partial charge in [0.05, 0.1) is 6.10 Å². The van der Waals surface area contributed by atoms with Crippen molar-refractivity contribution in [3.63, 3.8) is 0 Å². The smallest absolute Gasteiger partial charge is 0.0670 e. The third-order valence-electron chi connectivity index (χ3n) is 2.92. The second-order valence-corrected chi connectivity index (χ2v) is 4.50. The average Bonchev–Trinajstić information content (AvgIpc) is 2.13. The zero-order valence-electron chi connectivity index (χ0n) is 8.79. The van der Waals surface area contributed by atoms with Gasteiger partial charge in [0.15, 0.2) is 0 Å². The molecule has 0 N–H and O–H groups in total. The molecule has 1 saturated heterocycles. The Hall–Kier alpha value is 0.210. The summed E-state index contributed by atoms with van der Waals surface area (Å²) >= 11 is 6.21. The number of likely N-dealkylation sites (tertiary alicyclic amines) is 1. The molecule has 0 amide bonds. The van der Waals surface area contributed by atoms with Gasteiger partial charge in [0, 0.05) is 25.1 Å². The zero-order chi connectivity index (χ0) is 9.84. The van der Waals surface area contributed by atoms with Gasteiger partial charge in [0.25, 0.3) is 0 Å². The third kappa shape index (κ3) is 3.12. The molecule has 0 bridgehead atoms. The number of nitrogens with zero attached hydrogens (tertiary/aromatic N) is 1. The summed E-state index contributed by atoms with van der Waals surface area (Å²) in [6.45, 7) is 6.47. The molecule has 0 aliphatic carbocycles. The van der Waals surface area contributed by atoms with E-state index in [0.29, 0.717) is 17.5 Å². The normalized spacial score (nSPS) is 33.2. The quantitative estimate of drug-likeness (QED) is 0.655. The number of ether oxygens (including phenoxy) is 1. The van der Waals surface area contributed by atoms with Crippen LogP contribution in [0.15, 0.2) is 0 Å². The van der Waals surface area contributed by atoms with Gasteiger partial charge in [0.1, 0.15) is 0 Å². The maximum atomic E-state index is 6.21. The molecule has 13 heavy (non-hydrogen) atoms. The summed E-state index contributed by atoms with van der Waals surface area (Å²) in [4.78, 5) is 2.43. The van der Waals surface area contributed by atoms with Crippen molar-refractivity contribution in [2.45, 2.75) is 44.2 Å². The Morgan fingerprint density at radius 3 is 2.92 bits per heavy atom. The number of alkyl halides is 1. The number of hydrogen-bond donors (Lipinski definition) is 0. The summed E-state index contributed by atoms with van der Waals surface area (Å²) in [5.41, 5.74) is 0. The van der Waals surface area contributed by atoms with E-state index < -0.39 is 0 Å². The Morgan fingerprint density at radius 2 is 2.31 bits per heavy atom. The predicted octanol–water partition coefficient (Wildman–Crippen LogP) is 2.11. The Labute approximate surface area is 86.2 Å². The molecule has 0 aromatic carbocycles. The van der Waals surface area contributed by atoms with E-state index in [0.717, 1.165) is 19.5 Å². The van der Waals surface area contributed by atoms with Gasteiger partial charge < -0.3 is 4.74 Å². The molecule has 1 aliphatic rings. The minimum Gasteiger partial charge on any atom is -0.380 e. The summed E-state index contributed by atoms with van der Waals surface area (Å²) in [7, 11) is 1.76. The first-order chi connectivity index (χ1) is 6.15. The monoisotopic (exact) mass is 205 g/mol. The van der Waals surface area contributed by atoms with E-state index in [1.165, 1.54) is 6.42 Å². The number of rotatable bonds is 3. The predicted molar refractivity (Wildman–Crippen MR) is 56.4 cm³/mol. The fourth-order valence-electron chi connectivity index (χ4n) is 1.83.